The maximum absolute atomic E-state index is 2.35. The summed E-state index contributed by atoms with van der Waals surface area (Å²) in [5, 5.41) is 0. The van der Waals surface area contributed by atoms with Crippen LogP contribution in [0, 0.1) is 0 Å². The molecule has 16 aromatic carbocycles. The molecule has 0 fully saturated rings. The summed E-state index contributed by atoms with van der Waals surface area (Å²) in [6, 6.07) is 153. The fourth-order valence-electron chi connectivity index (χ4n) is 13.5. The SMILES string of the molecule is c1ccc(-c2ccc(N(c3ccc(-c4ccccc4)cc3)c3ccc(N(c4ccccc4)c4ccc(-c5ccc(-c6ccc(N(c7ccc(-c8ccccc8)cc7)c7ccc(N(c8ccc(-c9ccccc9)cc8)c8ccc(-c9ccccc9)cc8)cc7)cc6)cc5)cc4)cc3)cc2)cc1. The first-order chi connectivity index (χ1) is 49.6. The Hall–Kier alpha value is -13.3. The largest absolute Gasteiger partial charge is 0.311 e. The quantitative estimate of drug-likeness (QED) is 0.0800. The van der Waals surface area contributed by atoms with E-state index in [0.29, 0.717) is 0 Å². The van der Waals surface area contributed by atoms with Crippen molar-refractivity contribution in [3.8, 4) is 77.9 Å². The van der Waals surface area contributed by atoms with Crippen molar-refractivity contribution >= 4 is 68.2 Å². The highest BCUT2D eigenvalue weighted by molar-refractivity contribution is 5.87. The molecule has 0 atom stereocenters. The van der Waals surface area contributed by atoms with Crippen molar-refractivity contribution in [2.45, 2.75) is 0 Å². The lowest BCUT2D eigenvalue weighted by Crippen LogP contribution is -2.12. The van der Waals surface area contributed by atoms with Crippen LogP contribution in [0.1, 0.15) is 0 Å². The van der Waals surface area contributed by atoms with E-state index >= 15 is 0 Å². The lowest BCUT2D eigenvalue weighted by molar-refractivity contribution is 1.26. The molecule has 4 heteroatoms. The molecule has 0 heterocycles. The van der Waals surface area contributed by atoms with Gasteiger partial charge >= 0.3 is 0 Å². The third-order valence-corrected chi connectivity index (χ3v) is 18.7. The van der Waals surface area contributed by atoms with Gasteiger partial charge < -0.3 is 19.6 Å². The molecule has 0 N–H and O–H groups in total. The molecule has 0 spiro atoms. The molecule has 4 nitrogen and oxygen atoms in total. The van der Waals surface area contributed by atoms with Crippen molar-refractivity contribution in [3.63, 3.8) is 0 Å². The Labute approximate surface area is 586 Å². The van der Waals surface area contributed by atoms with E-state index in [1.807, 2.05) is 0 Å². The van der Waals surface area contributed by atoms with Crippen LogP contribution in [-0.4, -0.2) is 0 Å². The van der Waals surface area contributed by atoms with Gasteiger partial charge in [0.2, 0.25) is 0 Å². The summed E-state index contributed by atoms with van der Waals surface area (Å²) in [4.78, 5) is 9.37. The van der Waals surface area contributed by atoms with Crippen LogP contribution in [0.5, 0.6) is 0 Å². The van der Waals surface area contributed by atoms with Gasteiger partial charge in [-0.15, -0.1) is 0 Å². The third-order valence-electron chi connectivity index (χ3n) is 18.7. The molecule has 0 saturated heterocycles. The Morgan fingerprint density at radius 2 is 0.170 bits per heavy atom. The lowest BCUT2D eigenvalue weighted by Gasteiger charge is -2.29. The molecule has 0 bridgehead atoms. The fourth-order valence-corrected chi connectivity index (χ4v) is 13.5. The molecule has 100 heavy (non-hydrogen) atoms. The van der Waals surface area contributed by atoms with Gasteiger partial charge in [0.25, 0.3) is 0 Å². The van der Waals surface area contributed by atoms with Crippen LogP contribution < -0.4 is 19.6 Å². The van der Waals surface area contributed by atoms with Gasteiger partial charge in [0, 0.05) is 68.2 Å². The number of rotatable bonds is 19. The molecule has 0 aliphatic rings. The van der Waals surface area contributed by atoms with Crippen molar-refractivity contribution in [1.82, 2.24) is 0 Å². The molecule has 474 valence electrons. The zero-order valence-electron chi connectivity index (χ0n) is 55.2. The van der Waals surface area contributed by atoms with Gasteiger partial charge in [-0.05, 0) is 223 Å². The monoisotopic (exact) mass is 1280 g/mol. The van der Waals surface area contributed by atoms with Crippen molar-refractivity contribution in [3.05, 3.63) is 425 Å². The maximum Gasteiger partial charge on any atom is 0.0463 e. The maximum atomic E-state index is 2.35. The van der Waals surface area contributed by atoms with E-state index in [-0.39, 0.29) is 0 Å². The second-order valence-electron chi connectivity index (χ2n) is 24.9. The summed E-state index contributed by atoms with van der Waals surface area (Å²) in [6.45, 7) is 0. The molecule has 0 amide bonds. The van der Waals surface area contributed by atoms with Crippen molar-refractivity contribution in [1.29, 1.82) is 0 Å². The highest BCUT2D eigenvalue weighted by Crippen LogP contribution is 2.44. The van der Waals surface area contributed by atoms with Gasteiger partial charge in [0.1, 0.15) is 0 Å². The molecular formula is C96H70N4. The molecule has 0 aliphatic heterocycles. The Morgan fingerprint density at radius 3 is 0.310 bits per heavy atom. The first-order valence-electron chi connectivity index (χ1n) is 34.1. The summed E-state index contributed by atoms with van der Waals surface area (Å²) in [6.07, 6.45) is 0. The smallest absolute Gasteiger partial charge is 0.0463 e. The fraction of sp³-hybridized carbons (Fsp3) is 0. The number of hydrogen-bond donors (Lipinski definition) is 0. The van der Waals surface area contributed by atoms with E-state index in [0.717, 1.165) is 90.5 Å². The molecule has 0 aliphatic carbocycles. The van der Waals surface area contributed by atoms with E-state index in [1.165, 1.54) is 55.6 Å². The average Bonchev–Trinajstić information content (AvgIpc) is 0.795. The van der Waals surface area contributed by atoms with E-state index in [9.17, 15) is 0 Å². The summed E-state index contributed by atoms with van der Waals surface area (Å²) < 4.78 is 0. The molecule has 0 saturated carbocycles. The Balaban J connectivity index is 0.667. The number of hydrogen-bond acceptors (Lipinski definition) is 4. The van der Waals surface area contributed by atoms with Gasteiger partial charge in [-0.1, -0.05) is 279 Å². The second kappa shape index (κ2) is 28.6. The Kier molecular flexibility index (Phi) is 17.6. The molecular weight excluding hydrogens is 1210 g/mol. The first-order valence-corrected chi connectivity index (χ1v) is 34.1. The third kappa shape index (κ3) is 13.4. The highest BCUT2D eigenvalue weighted by atomic mass is 15.2. The highest BCUT2D eigenvalue weighted by Gasteiger charge is 2.20. The van der Waals surface area contributed by atoms with Crippen LogP contribution in [0.2, 0.25) is 0 Å². The number of anilines is 12. The summed E-state index contributed by atoms with van der Waals surface area (Å²) in [7, 11) is 0. The van der Waals surface area contributed by atoms with E-state index < -0.39 is 0 Å². The van der Waals surface area contributed by atoms with Crippen LogP contribution >= 0.6 is 0 Å². The van der Waals surface area contributed by atoms with Crippen LogP contribution in [0.4, 0.5) is 68.2 Å². The Morgan fingerprint density at radius 1 is 0.0800 bits per heavy atom. The van der Waals surface area contributed by atoms with E-state index in [4.69, 9.17) is 0 Å². The van der Waals surface area contributed by atoms with Gasteiger partial charge in [0.15, 0.2) is 0 Å². The first kappa shape index (κ1) is 61.6. The average molecular weight is 1280 g/mol. The van der Waals surface area contributed by atoms with E-state index in [1.54, 1.807) is 0 Å². The number of benzene rings is 16. The number of para-hydroxylation sites is 1. The zero-order chi connectivity index (χ0) is 66.8. The molecule has 0 unspecified atom stereocenters. The van der Waals surface area contributed by atoms with Gasteiger partial charge in [-0.25, -0.2) is 0 Å². The lowest BCUT2D eigenvalue weighted by atomic mass is 9.99. The summed E-state index contributed by atoms with van der Waals surface area (Å²) in [5.74, 6) is 0. The molecule has 16 rings (SSSR count). The predicted octanol–water partition coefficient (Wildman–Crippen LogP) is 27.2. The Bertz CT molecular complexity index is 5110. The van der Waals surface area contributed by atoms with Crippen LogP contribution in [0.25, 0.3) is 77.9 Å². The number of nitrogens with zero attached hydrogens (tertiary/aromatic N) is 4. The standard InChI is InChI=1S/C96H70N4/c1-7-19-71(20-8-1)78-35-49-87(50-36-78)98(88-51-37-79(38-52-88)72-21-9-2-10-22-72)94-65-63-93(64-66-94)97(85-29-17-6-18-30-85)86-59-45-83(46-60-86)76-31-33-77(34-32-76)84-47-61-92(62-48-84)100(91-57-43-82(44-58-91)75-27-15-5-16-28-75)96-69-67-95(68-70-96)99(89-53-39-80(40-54-89)73-23-11-3-12-24-73)90-55-41-81(42-56-90)74-25-13-4-14-26-74/h1-70H. The summed E-state index contributed by atoms with van der Waals surface area (Å²) in [5.41, 5.74) is 29.2. The predicted molar refractivity (Wildman–Crippen MR) is 423 cm³/mol. The van der Waals surface area contributed by atoms with Gasteiger partial charge in [0.05, 0.1) is 0 Å². The topological polar surface area (TPSA) is 13.0 Å². The minimum absolute atomic E-state index is 1.05. The minimum atomic E-state index is 1.05. The van der Waals surface area contributed by atoms with Crippen LogP contribution in [-0.2, 0) is 0 Å². The normalized spacial score (nSPS) is 11.0. The molecule has 0 radical (unpaired) electrons. The van der Waals surface area contributed by atoms with E-state index in [2.05, 4.69) is 444 Å². The summed E-state index contributed by atoms with van der Waals surface area (Å²) >= 11 is 0. The molecule has 16 aromatic rings. The zero-order valence-corrected chi connectivity index (χ0v) is 55.2. The van der Waals surface area contributed by atoms with Gasteiger partial charge in [-0.3, -0.25) is 0 Å². The van der Waals surface area contributed by atoms with Crippen LogP contribution in [0.3, 0.4) is 0 Å². The minimum Gasteiger partial charge on any atom is -0.311 e. The van der Waals surface area contributed by atoms with Crippen LogP contribution in [0.15, 0.2) is 425 Å². The van der Waals surface area contributed by atoms with Crippen molar-refractivity contribution in [2.75, 3.05) is 19.6 Å². The molecule has 0 aromatic heterocycles. The second-order valence-corrected chi connectivity index (χ2v) is 24.9. The van der Waals surface area contributed by atoms with Crippen molar-refractivity contribution < 1.29 is 0 Å². The van der Waals surface area contributed by atoms with Gasteiger partial charge in [-0.2, -0.15) is 0 Å². The van der Waals surface area contributed by atoms with Crippen molar-refractivity contribution in [2.24, 2.45) is 0 Å².